The predicted molar refractivity (Wildman–Crippen MR) is 29.8 cm³/mol. The van der Waals surface area contributed by atoms with E-state index in [-0.39, 0.29) is 86.2 Å². The molecule has 0 radical (unpaired) electrons. The van der Waals surface area contributed by atoms with E-state index >= 15 is 0 Å². The minimum Gasteiger partial charge on any atom is 0 e. The van der Waals surface area contributed by atoms with Gasteiger partial charge in [-0.1, -0.05) is 0 Å². The maximum absolute atomic E-state index is 0. The Bertz CT molecular complexity index is 4.85. The molecule has 34 valence electrons. The average molecular weight is 202 g/mol. The van der Waals surface area contributed by atoms with Crippen LogP contribution in [0.15, 0.2) is 0 Å². The molecule has 0 heterocycles. The first-order chi connectivity index (χ1) is 0. The first-order valence-electron chi connectivity index (χ1n) is 0. The van der Waals surface area contributed by atoms with Crippen molar-refractivity contribution < 1.29 is 34.1 Å². The van der Waals surface area contributed by atoms with E-state index in [1.54, 1.807) is 0 Å². The summed E-state index contributed by atoms with van der Waals surface area (Å²) in [5, 5.41) is 0. The zero-order chi connectivity index (χ0) is 0. The van der Waals surface area contributed by atoms with Crippen LogP contribution < -0.4 is 0 Å². The van der Waals surface area contributed by atoms with Gasteiger partial charge in [0.15, 0.2) is 52.1 Å². The van der Waals surface area contributed by atoms with Crippen LogP contribution in [0.3, 0.4) is 0 Å². The Kier molecular flexibility index (Phi) is 294. The van der Waals surface area contributed by atoms with Crippen molar-refractivity contribution in [1.29, 1.82) is 0 Å². The summed E-state index contributed by atoms with van der Waals surface area (Å²) in [6.45, 7) is 0. The molecule has 0 nitrogen and oxygen atoms in total. The summed E-state index contributed by atoms with van der Waals surface area (Å²) in [5.74, 6) is 0. The van der Waals surface area contributed by atoms with Crippen LogP contribution in [0.25, 0.3) is 0 Å². The first kappa shape index (κ1) is 48.4. The summed E-state index contributed by atoms with van der Waals surface area (Å²) < 4.78 is 0. The molecule has 0 atom stereocenters. The largest absolute Gasteiger partial charge is 0.187 e. The van der Waals surface area contributed by atoms with Crippen LogP contribution in [0.5, 0.6) is 0 Å². The van der Waals surface area contributed by atoms with Gasteiger partial charge in [0.05, 0.1) is 0 Å². The molecule has 5 heteroatoms. The molecule has 0 saturated heterocycles. The fourth-order valence-electron chi connectivity index (χ4n) is 0. The van der Waals surface area contributed by atoms with E-state index in [4.69, 9.17) is 0 Å². The minimum atomic E-state index is 0. The Labute approximate surface area is 85.2 Å². The predicted octanol–water partition coefficient (Wildman–Crippen LogP) is -3.56. The van der Waals surface area contributed by atoms with Gasteiger partial charge in [-0.05, 0) is 0 Å². The van der Waals surface area contributed by atoms with Crippen LogP contribution in [0.1, 0.15) is 0 Å². The van der Waals surface area contributed by atoms with Gasteiger partial charge in [-0.3, -0.25) is 0 Å². The second-order valence-corrected chi connectivity index (χ2v) is 0. The van der Waals surface area contributed by atoms with E-state index in [9.17, 15) is 0 Å². The molecule has 0 rings (SSSR count). The Balaban J connectivity index is 0. The van der Waals surface area contributed by atoms with Crippen molar-refractivity contribution in [3.63, 3.8) is 0 Å². The van der Waals surface area contributed by atoms with Crippen LogP contribution in [0, 0.1) is 0 Å². The van der Waals surface area contributed by atoms with Crippen LogP contribution in [0.2, 0.25) is 0 Å². The third-order valence-electron chi connectivity index (χ3n) is 0. The van der Waals surface area contributed by atoms with Crippen molar-refractivity contribution in [2.24, 2.45) is 0 Å². The van der Waals surface area contributed by atoms with Gasteiger partial charge in [-0.25, -0.2) is 0 Å². The Morgan fingerprint density at radius 1 is 0.400 bits per heavy atom. The average Bonchev–Trinajstić information content (AvgIpc) is 0. The molecule has 0 N–H and O–H groups in total. The third-order valence-corrected chi connectivity index (χ3v) is 0. The van der Waals surface area contributed by atoms with Crippen molar-refractivity contribution in [2.75, 3.05) is 0 Å². The molecule has 0 amide bonds. The van der Waals surface area contributed by atoms with Gasteiger partial charge >= 0.3 is 0 Å². The van der Waals surface area contributed by atoms with E-state index in [1.807, 2.05) is 0 Å². The zero-order valence-electron chi connectivity index (χ0n) is 0.707. The van der Waals surface area contributed by atoms with Crippen LogP contribution in [-0.4, -0.2) is 52.1 Å². The van der Waals surface area contributed by atoms with E-state index in [1.165, 1.54) is 0 Å². The van der Waals surface area contributed by atoms with Gasteiger partial charge in [0.2, 0.25) is 0 Å². The standard InChI is InChI=1S/3Al.2Fe.9H. The molecule has 0 saturated carbocycles. The summed E-state index contributed by atoms with van der Waals surface area (Å²) in [6.07, 6.45) is 0. The maximum atomic E-state index is 0. The van der Waals surface area contributed by atoms with Gasteiger partial charge in [-0.2, -0.15) is 0 Å². The number of rotatable bonds is 0. The van der Waals surface area contributed by atoms with E-state index < -0.39 is 0 Å². The van der Waals surface area contributed by atoms with Crippen LogP contribution >= 0.6 is 0 Å². The monoisotopic (exact) mass is 202 g/mol. The fraction of sp³-hybridized carbons (Fsp3) is 0. The van der Waals surface area contributed by atoms with Crippen molar-refractivity contribution >= 4 is 52.1 Å². The molecular formula is H9Al3Fe2. The molecule has 0 spiro atoms. The van der Waals surface area contributed by atoms with Crippen molar-refractivity contribution in [1.82, 2.24) is 0 Å². The summed E-state index contributed by atoms with van der Waals surface area (Å²) in [7, 11) is 0. The van der Waals surface area contributed by atoms with Gasteiger partial charge in [0.25, 0.3) is 0 Å². The molecule has 0 aromatic rings. The Hall–Kier alpha value is 2.64. The molecule has 5 heavy (non-hydrogen) atoms. The Morgan fingerprint density at radius 2 is 0.400 bits per heavy atom. The van der Waals surface area contributed by atoms with E-state index in [2.05, 4.69) is 0 Å². The molecule has 0 unspecified atom stereocenters. The number of hydrogen-bond donors (Lipinski definition) is 0. The van der Waals surface area contributed by atoms with Crippen molar-refractivity contribution in [3.8, 4) is 0 Å². The van der Waals surface area contributed by atoms with Gasteiger partial charge < -0.3 is 0 Å². The molecule has 0 aromatic heterocycles. The van der Waals surface area contributed by atoms with Crippen molar-refractivity contribution in [3.05, 3.63) is 0 Å². The molecular weight excluding hydrogens is 193 g/mol. The van der Waals surface area contributed by atoms with E-state index in [0.29, 0.717) is 0 Å². The summed E-state index contributed by atoms with van der Waals surface area (Å²) in [5.41, 5.74) is 0. The molecule has 0 aliphatic heterocycles. The first-order valence-corrected chi connectivity index (χ1v) is 0. The second-order valence-electron chi connectivity index (χ2n) is 0. The third kappa shape index (κ3) is 20.5. The topological polar surface area (TPSA) is 0 Å². The molecule has 0 aliphatic carbocycles. The quantitative estimate of drug-likeness (QED) is 0.356. The summed E-state index contributed by atoms with van der Waals surface area (Å²) >= 11 is 0. The normalized spacial score (nSPS) is 0. The maximum Gasteiger partial charge on any atom is 0.187 e. The summed E-state index contributed by atoms with van der Waals surface area (Å²) in [4.78, 5) is 0. The molecule has 0 bridgehead atoms. The number of hydrogen-bond acceptors (Lipinski definition) is 0. The van der Waals surface area contributed by atoms with Gasteiger partial charge in [-0.15, -0.1) is 0 Å². The van der Waals surface area contributed by atoms with E-state index in [0.717, 1.165) is 0 Å². The molecule has 0 aromatic carbocycles. The van der Waals surface area contributed by atoms with Crippen LogP contribution in [-0.2, 0) is 34.1 Å². The van der Waals surface area contributed by atoms with Gasteiger partial charge in [0.1, 0.15) is 0 Å². The zero-order valence-corrected chi connectivity index (χ0v) is 2.92. The smallest absolute Gasteiger partial charge is 0 e. The van der Waals surface area contributed by atoms with Crippen LogP contribution in [0.4, 0.5) is 0 Å². The minimum absolute atomic E-state index is 0. The fourth-order valence-corrected chi connectivity index (χ4v) is 0. The van der Waals surface area contributed by atoms with Crippen molar-refractivity contribution in [2.45, 2.75) is 0 Å². The Morgan fingerprint density at radius 3 is 0.400 bits per heavy atom. The molecule has 0 aliphatic rings. The second kappa shape index (κ2) is 30.3. The molecule has 0 fully saturated rings. The SMILES string of the molecule is [AlH3].[AlH3].[AlH3].[Fe].[Fe]. The van der Waals surface area contributed by atoms with Gasteiger partial charge in [0, 0.05) is 34.1 Å². The summed E-state index contributed by atoms with van der Waals surface area (Å²) in [6, 6.07) is 0.